The van der Waals surface area contributed by atoms with E-state index in [1.807, 2.05) is 0 Å². The average Bonchev–Trinajstić information content (AvgIpc) is 2.42. The fraction of sp³-hybridized carbons (Fsp3) is 0.600. The van der Waals surface area contributed by atoms with Crippen molar-refractivity contribution in [2.75, 3.05) is 36.0 Å². The number of nitrogens with zero attached hydrogens (tertiary/aromatic N) is 1. The molecule has 1 atom stereocenters. The number of hydrogen-bond donors (Lipinski definition) is 1. The molecule has 1 fully saturated rings. The molecule has 2 nitrogen and oxygen atoms in total. The molecule has 0 radical (unpaired) electrons. The van der Waals surface area contributed by atoms with E-state index in [0.717, 1.165) is 13.1 Å². The summed E-state index contributed by atoms with van der Waals surface area (Å²) >= 11 is 2.08. The van der Waals surface area contributed by atoms with Crippen molar-refractivity contribution in [3.63, 3.8) is 0 Å². The van der Waals surface area contributed by atoms with Crippen LogP contribution in [0.5, 0.6) is 0 Å². The molecular formula is C15H24N2S. The second kappa shape index (κ2) is 7.05. The summed E-state index contributed by atoms with van der Waals surface area (Å²) in [5, 5.41) is 3.61. The van der Waals surface area contributed by atoms with Crippen molar-refractivity contribution < 1.29 is 0 Å². The molecule has 1 aliphatic rings. The van der Waals surface area contributed by atoms with Crippen LogP contribution in [0.25, 0.3) is 0 Å². The smallest absolute Gasteiger partial charge is 0.0366 e. The Hall–Kier alpha value is -0.670. The maximum absolute atomic E-state index is 3.61. The SMILES string of the molecule is CCN(CCC1CSCCN1)c1ccc(C)cc1. The Morgan fingerprint density at radius 1 is 1.33 bits per heavy atom. The van der Waals surface area contributed by atoms with Gasteiger partial charge >= 0.3 is 0 Å². The summed E-state index contributed by atoms with van der Waals surface area (Å²) in [4.78, 5) is 2.47. The molecule has 1 heterocycles. The van der Waals surface area contributed by atoms with Crippen molar-refractivity contribution in [1.82, 2.24) is 5.32 Å². The molecule has 100 valence electrons. The first kappa shape index (κ1) is 13.8. The summed E-state index contributed by atoms with van der Waals surface area (Å²) in [7, 11) is 0. The molecule has 0 spiro atoms. The van der Waals surface area contributed by atoms with Crippen LogP contribution in [0.1, 0.15) is 18.9 Å². The summed E-state index contributed by atoms with van der Waals surface area (Å²) in [5.41, 5.74) is 2.69. The van der Waals surface area contributed by atoms with Gasteiger partial charge in [0.05, 0.1) is 0 Å². The monoisotopic (exact) mass is 264 g/mol. The van der Waals surface area contributed by atoms with Crippen molar-refractivity contribution >= 4 is 17.4 Å². The first-order chi connectivity index (χ1) is 8.79. The topological polar surface area (TPSA) is 15.3 Å². The van der Waals surface area contributed by atoms with Crippen LogP contribution in [0.3, 0.4) is 0 Å². The highest BCUT2D eigenvalue weighted by Gasteiger charge is 2.14. The highest BCUT2D eigenvalue weighted by molar-refractivity contribution is 7.99. The number of rotatable bonds is 5. The molecule has 2 rings (SSSR count). The van der Waals surface area contributed by atoms with Gasteiger partial charge in [-0.2, -0.15) is 11.8 Å². The van der Waals surface area contributed by atoms with Gasteiger partial charge in [-0.1, -0.05) is 17.7 Å². The second-order valence-electron chi connectivity index (χ2n) is 4.93. The van der Waals surface area contributed by atoms with Gasteiger partial charge in [0.1, 0.15) is 0 Å². The van der Waals surface area contributed by atoms with Gasteiger partial charge in [-0.05, 0) is 32.4 Å². The molecule has 0 aromatic heterocycles. The highest BCUT2D eigenvalue weighted by Crippen LogP contribution is 2.17. The quantitative estimate of drug-likeness (QED) is 0.880. The fourth-order valence-electron chi connectivity index (χ4n) is 2.34. The van der Waals surface area contributed by atoms with Gasteiger partial charge in [0.2, 0.25) is 0 Å². The van der Waals surface area contributed by atoms with Gasteiger partial charge in [-0.3, -0.25) is 0 Å². The van der Waals surface area contributed by atoms with Gasteiger partial charge in [0.15, 0.2) is 0 Å². The van der Waals surface area contributed by atoms with Crippen molar-refractivity contribution in [1.29, 1.82) is 0 Å². The van der Waals surface area contributed by atoms with E-state index in [0.29, 0.717) is 6.04 Å². The molecule has 1 aromatic rings. The normalized spacial score (nSPS) is 19.8. The standard InChI is InChI=1S/C15H24N2S/c1-3-17(15-6-4-13(2)5-7-15)10-8-14-12-18-11-9-16-14/h4-7,14,16H,3,8-12H2,1-2H3. The average molecular weight is 264 g/mol. The number of hydrogen-bond acceptors (Lipinski definition) is 3. The number of thioether (sulfide) groups is 1. The van der Waals surface area contributed by atoms with Gasteiger partial charge in [-0.15, -0.1) is 0 Å². The first-order valence-corrected chi connectivity index (χ1v) is 8.08. The van der Waals surface area contributed by atoms with E-state index in [-0.39, 0.29) is 0 Å². The molecule has 1 aromatic carbocycles. The molecule has 0 bridgehead atoms. The molecule has 1 saturated heterocycles. The van der Waals surface area contributed by atoms with Crippen molar-refractivity contribution in [3.8, 4) is 0 Å². The van der Waals surface area contributed by atoms with Crippen LogP contribution in [0, 0.1) is 6.92 Å². The lowest BCUT2D eigenvalue weighted by Crippen LogP contribution is -2.40. The second-order valence-corrected chi connectivity index (χ2v) is 6.08. The maximum Gasteiger partial charge on any atom is 0.0366 e. The number of anilines is 1. The minimum atomic E-state index is 0.697. The van der Waals surface area contributed by atoms with E-state index in [9.17, 15) is 0 Å². The van der Waals surface area contributed by atoms with E-state index in [1.165, 1.54) is 35.7 Å². The predicted octanol–water partition coefficient (Wildman–Crippen LogP) is 2.92. The number of aryl methyl sites for hydroxylation is 1. The Labute approximate surface area is 115 Å². The van der Waals surface area contributed by atoms with E-state index in [4.69, 9.17) is 0 Å². The van der Waals surface area contributed by atoms with Crippen LogP contribution in [0.4, 0.5) is 5.69 Å². The molecule has 0 saturated carbocycles. The molecule has 1 unspecified atom stereocenters. The van der Waals surface area contributed by atoms with E-state index in [1.54, 1.807) is 0 Å². The molecular weight excluding hydrogens is 240 g/mol. The van der Waals surface area contributed by atoms with E-state index < -0.39 is 0 Å². The van der Waals surface area contributed by atoms with Gasteiger partial charge < -0.3 is 10.2 Å². The number of benzene rings is 1. The van der Waals surface area contributed by atoms with Gasteiger partial charge in [-0.25, -0.2) is 0 Å². The van der Waals surface area contributed by atoms with E-state index in [2.05, 4.69) is 60.1 Å². The predicted molar refractivity (Wildman–Crippen MR) is 82.8 cm³/mol. The van der Waals surface area contributed by atoms with Gasteiger partial charge in [0, 0.05) is 42.9 Å². The summed E-state index contributed by atoms with van der Waals surface area (Å²) in [5.74, 6) is 2.54. The zero-order valence-electron chi connectivity index (χ0n) is 11.5. The first-order valence-electron chi connectivity index (χ1n) is 6.92. The zero-order chi connectivity index (χ0) is 12.8. The Bertz CT molecular complexity index is 344. The summed E-state index contributed by atoms with van der Waals surface area (Å²) < 4.78 is 0. The lowest BCUT2D eigenvalue weighted by Gasteiger charge is -2.28. The minimum absolute atomic E-state index is 0.697. The van der Waals surface area contributed by atoms with Crippen LogP contribution >= 0.6 is 11.8 Å². The van der Waals surface area contributed by atoms with Crippen LogP contribution in [0.15, 0.2) is 24.3 Å². The molecule has 18 heavy (non-hydrogen) atoms. The summed E-state index contributed by atoms with van der Waals surface area (Å²) in [6, 6.07) is 9.58. The van der Waals surface area contributed by atoms with Crippen LogP contribution in [-0.4, -0.2) is 37.2 Å². The van der Waals surface area contributed by atoms with Crippen LogP contribution in [-0.2, 0) is 0 Å². The third-order valence-electron chi connectivity index (χ3n) is 3.53. The Morgan fingerprint density at radius 2 is 2.11 bits per heavy atom. The molecule has 0 aliphatic carbocycles. The fourth-order valence-corrected chi connectivity index (χ4v) is 3.34. The maximum atomic E-state index is 3.61. The van der Waals surface area contributed by atoms with Crippen LogP contribution in [0.2, 0.25) is 0 Å². The summed E-state index contributed by atoms with van der Waals surface area (Å²) in [6.07, 6.45) is 1.24. The Morgan fingerprint density at radius 3 is 2.72 bits per heavy atom. The van der Waals surface area contributed by atoms with Crippen LogP contribution < -0.4 is 10.2 Å². The largest absolute Gasteiger partial charge is 0.372 e. The molecule has 1 aliphatic heterocycles. The lowest BCUT2D eigenvalue weighted by molar-refractivity contribution is 0.525. The summed E-state index contributed by atoms with van der Waals surface area (Å²) in [6.45, 7) is 7.79. The zero-order valence-corrected chi connectivity index (χ0v) is 12.3. The molecule has 1 N–H and O–H groups in total. The Balaban J connectivity index is 1.86. The highest BCUT2D eigenvalue weighted by atomic mass is 32.2. The third kappa shape index (κ3) is 3.92. The molecule has 0 amide bonds. The third-order valence-corrected chi connectivity index (χ3v) is 4.66. The lowest BCUT2D eigenvalue weighted by atomic mass is 10.2. The van der Waals surface area contributed by atoms with Crippen molar-refractivity contribution in [3.05, 3.63) is 29.8 Å². The Kier molecular flexibility index (Phi) is 5.39. The molecule has 3 heteroatoms. The van der Waals surface area contributed by atoms with Crippen molar-refractivity contribution in [2.45, 2.75) is 26.3 Å². The van der Waals surface area contributed by atoms with Crippen molar-refractivity contribution in [2.24, 2.45) is 0 Å². The minimum Gasteiger partial charge on any atom is -0.372 e. The van der Waals surface area contributed by atoms with E-state index >= 15 is 0 Å². The van der Waals surface area contributed by atoms with Gasteiger partial charge in [0.25, 0.3) is 0 Å². The number of nitrogens with one attached hydrogen (secondary N) is 1.